The Balaban J connectivity index is 1.66. The molecule has 7 heteroatoms. The lowest BCUT2D eigenvalue weighted by Crippen LogP contribution is -2.23. The Kier molecular flexibility index (Phi) is 4.72. The topological polar surface area (TPSA) is 96.3 Å². The molecule has 31 heavy (non-hydrogen) atoms. The van der Waals surface area contributed by atoms with Crippen LogP contribution in [0.4, 0.5) is 17.1 Å². The first-order chi connectivity index (χ1) is 15.1. The second-order valence-corrected chi connectivity index (χ2v) is 7.59. The molecule has 0 spiro atoms. The van der Waals surface area contributed by atoms with Crippen LogP contribution in [0, 0.1) is 10.1 Å². The molecule has 1 amide bonds. The number of hydrogen-bond donors (Lipinski definition) is 3. The highest BCUT2D eigenvalue weighted by molar-refractivity contribution is 6.37. The van der Waals surface area contributed by atoms with E-state index in [1.54, 1.807) is 6.07 Å². The molecule has 2 heterocycles. The Morgan fingerprint density at radius 2 is 1.84 bits per heavy atom. The molecule has 0 saturated heterocycles. The fourth-order valence-electron chi connectivity index (χ4n) is 4.10. The Labute approximate surface area is 178 Å². The van der Waals surface area contributed by atoms with Gasteiger partial charge in [-0.25, -0.2) is 0 Å². The number of nitro benzene ring substituents is 1. The van der Waals surface area contributed by atoms with Crippen molar-refractivity contribution in [1.82, 2.24) is 5.32 Å². The van der Waals surface area contributed by atoms with E-state index >= 15 is 0 Å². The van der Waals surface area contributed by atoms with Gasteiger partial charge in [-0.3, -0.25) is 14.9 Å². The van der Waals surface area contributed by atoms with Crippen LogP contribution >= 0.6 is 0 Å². The zero-order valence-corrected chi connectivity index (χ0v) is 16.6. The number of nitro groups is 1. The maximum atomic E-state index is 13.0. The fourth-order valence-corrected chi connectivity index (χ4v) is 4.10. The normalized spacial score (nSPS) is 16.2. The van der Waals surface area contributed by atoms with Crippen LogP contribution in [-0.2, 0) is 17.8 Å². The maximum absolute atomic E-state index is 13.0. The van der Waals surface area contributed by atoms with Crippen molar-refractivity contribution in [1.29, 1.82) is 0 Å². The van der Waals surface area contributed by atoms with E-state index in [0.29, 0.717) is 22.5 Å². The van der Waals surface area contributed by atoms with Crippen molar-refractivity contribution >= 4 is 34.2 Å². The third-order valence-corrected chi connectivity index (χ3v) is 5.63. The summed E-state index contributed by atoms with van der Waals surface area (Å²) in [7, 11) is 0. The van der Waals surface area contributed by atoms with Crippen LogP contribution < -0.4 is 16.0 Å². The highest BCUT2D eigenvalue weighted by Crippen LogP contribution is 2.39. The number of carbonyl (C=O) groups excluding carboxylic acids is 1. The number of fused-ring (bicyclic) bond motifs is 2. The van der Waals surface area contributed by atoms with Crippen LogP contribution in [0.2, 0.25) is 0 Å². The van der Waals surface area contributed by atoms with Crippen LogP contribution in [0.25, 0.3) is 11.3 Å². The molecule has 3 aromatic rings. The van der Waals surface area contributed by atoms with Crippen LogP contribution in [-0.4, -0.2) is 17.4 Å². The number of benzene rings is 3. The molecule has 0 bridgehead atoms. The number of hydrogen-bond acceptors (Lipinski definition) is 5. The van der Waals surface area contributed by atoms with Crippen LogP contribution in [0.1, 0.15) is 22.3 Å². The lowest BCUT2D eigenvalue weighted by atomic mass is 9.98. The van der Waals surface area contributed by atoms with Gasteiger partial charge in [0.05, 0.1) is 16.2 Å². The van der Waals surface area contributed by atoms with E-state index in [4.69, 9.17) is 0 Å². The summed E-state index contributed by atoms with van der Waals surface area (Å²) in [6, 6.07) is 20.2. The summed E-state index contributed by atoms with van der Waals surface area (Å²) in [6.07, 6.45) is 0.942. The molecule has 2 aliphatic heterocycles. The van der Waals surface area contributed by atoms with Gasteiger partial charge in [0.15, 0.2) is 0 Å². The number of nitrogens with one attached hydrogen (secondary N) is 3. The van der Waals surface area contributed by atoms with E-state index in [2.05, 4.69) is 28.1 Å². The van der Waals surface area contributed by atoms with Gasteiger partial charge in [0, 0.05) is 35.6 Å². The number of non-ortho nitro benzene ring substituents is 1. The zero-order chi connectivity index (χ0) is 21.4. The predicted molar refractivity (Wildman–Crippen MR) is 120 cm³/mol. The average Bonchev–Trinajstić information content (AvgIpc) is 3.12. The van der Waals surface area contributed by atoms with Crippen molar-refractivity contribution in [2.45, 2.75) is 13.0 Å². The van der Waals surface area contributed by atoms with Gasteiger partial charge in [0.25, 0.3) is 11.6 Å². The minimum absolute atomic E-state index is 0.0542. The predicted octanol–water partition coefficient (Wildman–Crippen LogP) is 4.17. The molecule has 3 aromatic carbocycles. The zero-order valence-electron chi connectivity index (χ0n) is 16.6. The molecule has 0 aliphatic carbocycles. The molecule has 5 rings (SSSR count). The van der Waals surface area contributed by atoms with Crippen molar-refractivity contribution in [3.05, 3.63) is 99.1 Å². The van der Waals surface area contributed by atoms with Crippen molar-refractivity contribution in [2.75, 3.05) is 17.2 Å². The molecule has 7 nitrogen and oxygen atoms in total. The Bertz CT molecular complexity index is 1230. The second kappa shape index (κ2) is 7.70. The molecule has 0 atom stereocenters. The number of carbonyl (C=O) groups is 1. The Hall–Kier alpha value is -3.97. The smallest absolute Gasteiger partial charge is 0.270 e. The van der Waals surface area contributed by atoms with Gasteiger partial charge in [0.1, 0.15) is 0 Å². The maximum Gasteiger partial charge on any atom is 0.270 e. The van der Waals surface area contributed by atoms with Crippen molar-refractivity contribution in [2.24, 2.45) is 0 Å². The van der Waals surface area contributed by atoms with E-state index in [-0.39, 0.29) is 11.6 Å². The van der Waals surface area contributed by atoms with Crippen LogP contribution in [0.5, 0.6) is 0 Å². The summed E-state index contributed by atoms with van der Waals surface area (Å²) in [4.78, 5) is 23.8. The molecule has 3 N–H and O–H groups in total. The molecule has 0 saturated carbocycles. The van der Waals surface area contributed by atoms with Crippen LogP contribution in [0.3, 0.4) is 0 Å². The minimum atomic E-state index is -0.451. The average molecular weight is 412 g/mol. The molecule has 0 unspecified atom stereocenters. The first kappa shape index (κ1) is 19.0. The summed E-state index contributed by atoms with van der Waals surface area (Å²) in [5.41, 5.74) is 6.28. The summed E-state index contributed by atoms with van der Waals surface area (Å²) >= 11 is 0. The van der Waals surface area contributed by atoms with Gasteiger partial charge in [-0.05, 0) is 47.9 Å². The van der Waals surface area contributed by atoms with Crippen LogP contribution in [0.15, 0.2) is 66.7 Å². The van der Waals surface area contributed by atoms with E-state index in [9.17, 15) is 14.9 Å². The summed E-state index contributed by atoms with van der Waals surface area (Å²) in [5.74, 6) is -0.288. The molecular weight excluding hydrogens is 392 g/mol. The molecule has 0 fully saturated rings. The third kappa shape index (κ3) is 3.55. The second-order valence-electron chi connectivity index (χ2n) is 7.59. The molecule has 0 radical (unpaired) electrons. The number of nitrogens with zero attached hydrogens (tertiary/aromatic N) is 1. The molecule has 154 valence electrons. The van der Waals surface area contributed by atoms with Gasteiger partial charge in [-0.1, -0.05) is 36.4 Å². The Morgan fingerprint density at radius 1 is 1.00 bits per heavy atom. The quantitative estimate of drug-likeness (QED) is 0.340. The van der Waals surface area contributed by atoms with Crippen molar-refractivity contribution in [3.63, 3.8) is 0 Å². The first-order valence-corrected chi connectivity index (χ1v) is 10.1. The number of amides is 1. The Morgan fingerprint density at radius 3 is 2.65 bits per heavy atom. The lowest BCUT2D eigenvalue weighted by Gasteiger charge is -2.20. The summed E-state index contributed by atoms with van der Waals surface area (Å²) < 4.78 is 0. The number of rotatable bonds is 4. The van der Waals surface area contributed by atoms with Gasteiger partial charge in [-0.15, -0.1) is 0 Å². The SMILES string of the molecule is O=C1Nc2ccc([N+](=O)[O-])cc2C1=C(Nc1ccc2c(c1)CCNC2)c1ccccc1. The standard InChI is InChI=1S/C24H20N4O3/c29-24-22(20-13-19(28(30)31)8-9-21(20)27-24)23(15-4-2-1-3-5-15)26-18-7-6-17-14-25-11-10-16(17)12-18/h1-9,12-13,25-26H,10-11,14H2,(H,27,29). The molecular formula is C24H20N4O3. The lowest BCUT2D eigenvalue weighted by molar-refractivity contribution is -0.384. The van der Waals surface area contributed by atoms with Gasteiger partial charge in [-0.2, -0.15) is 0 Å². The largest absolute Gasteiger partial charge is 0.354 e. The van der Waals surface area contributed by atoms with Gasteiger partial charge in [0.2, 0.25) is 0 Å². The van der Waals surface area contributed by atoms with Crippen molar-refractivity contribution in [3.8, 4) is 0 Å². The highest BCUT2D eigenvalue weighted by atomic mass is 16.6. The van der Waals surface area contributed by atoms with Crippen molar-refractivity contribution < 1.29 is 9.72 Å². The third-order valence-electron chi connectivity index (χ3n) is 5.63. The minimum Gasteiger partial charge on any atom is -0.354 e. The molecule has 2 aliphatic rings. The van der Waals surface area contributed by atoms with E-state index in [0.717, 1.165) is 30.8 Å². The fraction of sp³-hybridized carbons (Fsp3) is 0.125. The first-order valence-electron chi connectivity index (χ1n) is 10.1. The van der Waals surface area contributed by atoms with E-state index in [1.807, 2.05) is 36.4 Å². The number of anilines is 2. The van der Waals surface area contributed by atoms with Gasteiger partial charge < -0.3 is 16.0 Å². The van der Waals surface area contributed by atoms with E-state index < -0.39 is 4.92 Å². The van der Waals surface area contributed by atoms with E-state index in [1.165, 1.54) is 23.3 Å². The molecule has 0 aromatic heterocycles. The summed E-state index contributed by atoms with van der Waals surface area (Å²) in [5, 5.41) is 21.0. The van der Waals surface area contributed by atoms with Gasteiger partial charge >= 0.3 is 0 Å². The highest BCUT2D eigenvalue weighted by Gasteiger charge is 2.30. The summed E-state index contributed by atoms with van der Waals surface area (Å²) in [6.45, 7) is 1.78. The monoisotopic (exact) mass is 412 g/mol.